The van der Waals surface area contributed by atoms with Gasteiger partial charge in [0.15, 0.2) is 0 Å². The Morgan fingerprint density at radius 3 is 1.00 bits per heavy atom. The van der Waals surface area contributed by atoms with Crippen LogP contribution in [0.15, 0.2) is 0 Å². The number of hydrogen-bond donors (Lipinski definition) is 0. The average Bonchev–Trinajstić information content (AvgIpc) is 0. The smallest absolute Gasteiger partial charge is 0 e. The first-order valence-electron chi connectivity index (χ1n) is 0. The van der Waals surface area contributed by atoms with Crippen LogP contribution in [0.25, 0.3) is 0 Å². The van der Waals surface area contributed by atoms with Gasteiger partial charge in [0.25, 0.3) is 0 Å². The van der Waals surface area contributed by atoms with Crippen molar-refractivity contribution < 1.29 is 27.2 Å². The van der Waals surface area contributed by atoms with E-state index in [2.05, 4.69) is 0 Å². The van der Waals surface area contributed by atoms with E-state index in [4.69, 9.17) is 0 Å². The Bertz CT molecular complexity index is 8.00. The van der Waals surface area contributed by atoms with Crippen LogP contribution in [0.4, 0.5) is 0 Å². The minimum absolute atomic E-state index is 0. The second-order valence-corrected chi connectivity index (χ2v) is 0. The van der Waals surface area contributed by atoms with Gasteiger partial charge in [0, 0.05) is 93.4 Å². The van der Waals surface area contributed by atoms with E-state index in [-0.39, 0.29) is 98.9 Å². The first-order valence-corrected chi connectivity index (χ1v) is 0. The fourth-order valence-electron chi connectivity index (χ4n) is 0. The van der Waals surface area contributed by atoms with E-state index in [0.29, 0.717) is 0 Å². The van der Waals surface area contributed by atoms with Crippen LogP contribution >= 0.6 is 0 Å². The van der Waals surface area contributed by atoms with Crippen LogP contribution in [0.3, 0.4) is 0 Å². The van der Waals surface area contributed by atoms with E-state index in [0.717, 1.165) is 0 Å². The van der Waals surface area contributed by atoms with Crippen molar-refractivity contribution in [2.75, 3.05) is 0 Å². The molecule has 4 heavy (non-hydrogen) atoms. The molecule has 0 aromatic rings. The molecule has 0 heterocycles. The molecule has 1 nitrogen and oxygen atoms in total. The summed E-state index contributed by atoms with van der Waals surface area (Å²) in [5, 5.41) is 0. The van der Waals surface area contributed by atoms with E-state index in [1.54, 1.807) is 0 Å². The third kappa shape index (κ3) is 8.90. The van der Waals surface area contributed by atoms with Crippen molar-refractivity contribution in [3.05, 3.63) is 0 Å². The monoisotopic (exact) mass is 363 g/mol. The zero-order chi connectivity index (χ0) is 0. The van der Waals surface area contributed by atoms with Crippen LogP contribution in [0.1, 0.15) is 0 Å². The molecule has 0 spiro atoms. The minimum Gasteiger partial charge on any atom is -0.412 e. The summed E-state index contributed by atoms with van der Waals surface area (Å²) in [4.78, 5) is 0. The largest absolute Gasteiger partial charge is 0.412 e. The van der Waals surface area contributed by atoms with Crippen molar-refractivity contribution in [2.45, 2.75) is 0 Å². The predicted molar refractivity (Wildman–Crippen MR) is 15.1 cm³/mol. The summed E-state index contributed by atoms with van der Waals surface area (Å²) < 4.78 is 0. The SMILES string of the molecule is O.[Bi].[Sr].[Ti]. The summed E-state index contributed by atoms with van der Waals surface area (Å²) in [5.41, 5.74) is 0. The third-order valence-corrected chi connectivity index (χ3v) is 0. The van der Waals surface area contributed by atoms with E-state index < -0.39 is 0 Å². The first-order chi connectivity index (χ1) is 0. The topological polar surface area (TPSA) is 31.5 Å². The molecule has 0 atom stereocenters. The molecule has 19 valence electrons. The van der Waals surface area contributed by atoms with Gasteiger partial charge in [-0.25, -0.2) is 0 Å². The van der Waals surface area contributed by atoms with Crippen LogP contribution in [0.5, 0.6) is 0 Å². The van der Waals surface area contributed by atoms with E-state index in [9.17, 15) is 0 Å². The van der Waals surface area contributed by atoms with Gasteiger partial charge in [-0.3, -0.25) is 0 Å². The van der Waals surface area contributed by atoms with Crippen molar-refractivity contribution in [3.63, 3.8) is 0 Å². The molecule has 0 saturated carbocycles. The summed E-state index contributed by atoms with van der Waals surface area (Å²) >= 11 is 0. The average molecular weight is 362 g/mol. The van der Waals surface area contributed by atoms with Crippen molar-refractivity contribution in [3.8, 4) is 0 Å². The number of rotatable bonds is 0. The standard InChI is InChI=1S/Bi.H2O.Sr.Ti/h;1H2;;. The summed E-state index contributed by atoms with van der Waals surface area (Å²) in [6, 6.07) is 0. The Kier molecular flexibility index (Phi) is 115. The maximum absolute atomic E-state index is 0. The van der Waals surface area contributed by atoms with Crippen LogP contribution in [-0.4, -0.2) is 77.2 Å². The maximum atomic E-state index is 0. The van der Waals surface area contributed by atoms with Crippen LogP contribution in [0, 0.1) is 0 Å². The fraction of sp³-hybridized carbons (Fsp3) is 0. The fourth-order valence-corrected chi connectivity index (χ4v) is 0. The van der Waals surface area contributed by atoms with E-state index in [1.165, 1.54) is 0 Å². The Morgan fingerprint density at radius 1 is 1.00 bits per heavy atom. The Balaban J connectivity index is 0. The minimum atomic E-state index is 0. The van der Waals surface area contributed by atoms with Crippen LogP contribution in [0.2, 0.25) is 0 Å². The Labute approximate surface area is 96.5 Å². The quantitative estimate of drug-likeness (QED) is 0.466. The molecule has 4 heteroatoms. The van der Waals surface area contributed by atoms with Crippen LogP contribution in [-0.2, 0) is 21.7 Å². The molecule has 0 amide bonds. The Morgan fingerprint density at radius 2 is 1.00 bits per heavy atom. The van der Waals surface area contributed by atoms with Gasteiger partial charge >= 0.3 is 0 Å². The molecule has 0 saturated heterocycles. The first kappa shape index (κ1) is 27.8. The van der Waals surface area contributed by atoms with Crippen molar-refractivity contribution >= 4 is 71.7 Å². The van der Waals surface area contributed by atoms with Gasteiger partial charge in [0.2, 0.25) is 0 Å². The summed E-state index contributed by atoms with van der Waals surface area (Å²) in [5.74, 6) is 0. The van der Waals surface area contributed by atoms with Gasteiger partial charge in [0.1, 0.15) is 0 Å². The molecule has 0 aromatic heterocycles. The van der Waals surface area contributed by atoms with Gasteiger partial charge in [0.05, 0.1) is 0 Å². The number of hydrogen-bond acceptors (Lipinski definition) is 0. The Hall–Kier alpha value is 3.04. The van der Waals surface area contributed by atoms with Crippen molar-refractivity contribution in [2.24, 2.45) is 0 Å². The molecule has 0 aliphatic rings. The third-order valence-electron chi connectivity index (χ3n) is 0. The molecule has 0 fully saturated rings. The summed E-state index contributed by atoms with van der Waals surface area (Å²) in [7, 11) is 0. The molecule has 5 radical (unpaired) electrons. The van der Waals surface area contributed by atoms with Gasteiger partial charge in [-0.15, -0.1) is 0 Å². The van der Waals surface area contributed by atoms with Gasteiger partial charge in [-0.05, 0) is 0 Å². The van der Waals surface area contributed by atoms with Crippen molar-refractivity contribution in [1.82, 2.24) is 0 Å². The van der Waals surface area contributed by atoms with Crippen LogP contribution < -0.4 is 0 Å². The molecule has 2 N–H and O–H groups in total. The second kappa shape index (κ2) is 16.6. The molecule has 0 aromatic carbocycles. The molecule has 0 aliphatic carbocycles. The molecule has 0 bridgehead atoms. The zero-order valence-corrected chi connectivity index (χ0v) is 10.7. The summed E-state index contributed by atoms with van der Waals surface area (Å²) in [6.07, 6.45) is 0. The predicted octanol–water partition coefficient (Wildman–Crippen LogP) is -1.59. The maximum Gasteiger partial charge on any atom is 0 e. The normalized spacial score (nSPS) is 0. The zero-order valence-electron chi connectivity index (χ0n) is 2.15. The molecule has 0 aliphatic heterocycles. The van der Waals surface area contributed by atoms with E-state index >= 15 is 0 Å². The van der Waals surface area contributed by atoms with Gasteiger partial charge in [-0.2, -0.15) is 0 Å². The van der Waals surface area contributed by atoms with Crippen molar-refractivity contribution in [1.29, 1.82) is 0 Å². The molecule has 0 rings (SSSR count). The molecular weight excluding hydrogens is 360 g/mol. The molecule has 0 unspecified atom stereocenters. The van der Waals surface area contributed by atoms with Gasteiger partial charge < -0.3 is 5.48 Å². The van der Waals surface area contributed by atoms with Gasteiger partial charge in [-0.1, -0.05) is 0 Å². The summed E-state index contributed by atoms with van der Waals surface area (Å²) in [6.45, 7) is 0. The molecular formula is H2BiOSrTi. The van der Waals surface area contributed by atoms with E-state index in [1.807, 2.05) is 0 Å². The second-order valence-electron chi connectivity index (χ2n) is 0.